The van der Waals surface area contributed by atoms with Gasteiger partial charge in [-0.15, -0.1) is 0 Å². The molecule has 1 radical (unpaired) electrons. The van der Waals surface area contributed by atoms with E-state index in [4.69, 9.17) is 4.74 Å². The normalized spacial score (nSPS) is 18.7. The van der Waals surface area contributed by atoms with Gasteiger partial charge >= 0.3 is 0 Å². The van der Waals surface area contributed by atoms with Gasteiger partial charge in [-0.1, -0.05) is 37.1 Å². The quantitative estimate of drug-likeness (QED) is 0.398. The standard InChI is InChI=1S/C30H31F3N3O2/c31-22-7-3-20(4-8-22)26(21-5-9-23(32)10-6-21)15-29(37)36-28-18-34-17-27(33)25(28)12-11-24-16-35-19-30(38-24)13-1-2-14-30/h3-10,15,17-18,24,26,35H,1-2,11-14,16,19H2,(H,36,37)/t24-/m1/s1. The predicted molar refractivity (Wildman–Crippen MR) is 139 cm³/mol. The minimum atomic E-state index is -0.564. The summed E-state index contributed by atoms with van der Waals surface area (Å²) in [5.74, 6) is -2.33. The Hall–Kier alpha value is -3.23. The van der Waals surface area contributed by atoms with Crippen molar-refractivity contribution in [1.29, 1.82) is 0 Å². The van der Waals surface area contributed by atoms with E-state index in [2.05, 4.69) is 15.6 Å². The molecule has 5 rings (SSSR count). The van der Waals surface area contributed by atoms with E-state index in [-0.39, 0.29) is 11.7 Å². The van der Waals surface area contributed by atoms with E-state index < -0.39 is 29.3 Å². The number of benzene rings is 2. The van der Waals surface area contributed by atoms with Crippen LogP contribution in [0.2, 0.25) is 0 Å². The highest BCUT2D eigenvalue weighted by Gasteiger charge is 2.39. The van der Waals surface area contributed by atoms with Crippen LogP contribution in [0.3, 0.4) is 0 Å². The maximum Gasteiger partial charge on any atom is 0.229 e. The van der Waals surface area contributed by atoms with E-state index in [9.17, 15) is 18.0 Å². The number of nitrogens with one attached hydrogen (secondary N) is 2. The minimum absolute atomic E-state index is 0.0362. The molecule has 2 aromatic carbocycles. The van der Waals surface area contributed by atoms with Gasteiger partial charge < -0.3 is 15.4 Å². The molecule has 199 valence electrons. The van der Waals surface area contributed by atoms with Gasteiger partial charge in [0.25, 0.3) is 0 Å². The Morgan fingerprint density at radius 3 is 2.29 bits per heavy atom. The van der Waals surface area contributed by atoms with Crippen LogP contribution >= 0.6 is 0 Å². The van der Waals surface area contributed by atoms with E-state index in [0.29, 0.717) is 41.8 Å². The monoisotopic (exact) mass is 522 g/mol. The lowest BCUT2D eigenvalue weighted by Crippen LogP contribution is -2.52. The van der Waals surface area contributed by atoms with Gasteiger partial charge in [-0.3, -0.25) is 9.78 Å². The summed E-state index contributed by atoms with van der Waals surface area (Å²) in [6, 6.07) is 11.6. The molecule has 1 aliphatic heterocycles. The third kappa shape index (κ3) is 6.25. The summed E-state index contributed by atoms with van der Waals surface area (Å²) in [6.45, 7) is 1.56. The number of morpholine rings is 1. The number of hydrogen-bond donors (Lipinski definition) is 2. The molecule has 1 atom stereocenters. The zero-order valence-electron chi connectivity index (χ0n) is 21.1. The maximum atomic E-state index is 14.9. The van der Waals surface area contributed by atoms with E-state index in [1.165, 1.54) is 36.9 Å². The number of halogens is 3. The van der Waals surface area contributed by atoms with Gasteiger partial charge in [0.15, 0.2) is 0 Å². The van der Waals surface area contributed by atoms with Crippen molar-refractivity contribution in [2.45, 2.75) is 56.1 Å². The molecule has 1 aromatic heterocycles. The van der Waals surface area contributed by atoms with Crippen LogP contribution in [0.25, 0.3) is 0 Å². The van der Waals surface area contributed by atoms with Crippen molar-refractivity contribution in [3.63, 3.8) is 0 Å². The highest BCUT2D eigenvalue weighted by atomic mass is 19.1. The Bertz CT molecular complexity index is 1200. The average Bonchev–Trinajstić information content (AvgIpc) is 3.35. The van der Waals surface area contributed by atoms with Gasteiger partial charge in [0.2, 0.25) is 5.91 Å². The van der Waals surface area contributed by atoms with Crippen LogP contribution in [0, 0.1) is 23.9 Å². The molecule has 8 heteroatoms. The van der Waals surface area contributed by atoms with Gasteiger partial charge in [-0.25, -0.2) is 13.2 Å². The Balaban J connectivity index is 1.29. The van der Waals surface area contributed by atoms with Crippen LogP contribution < -0.4 is 10.6 Å². The molecule has 38 heavy (non-hydrogen) atoms. The van der Waals surface area contributed by atoms with Gasteiger partial charge in [-0.05, 0) is 61.1 Å². The zero-order chi connectivity index (χ0) is 26.5. The molecule has 1 spiro atoms. The third-order valence-corrected chi connectivity index (χ3v) is 7.51. The Labute approximate surface area is 220 Å². The molecule has 0 unspecified atom stereocenters. The summed E-state index contributed by atoms with van der Waals surface area (Å²) < 4.78 is 48.4. The van der Waals surface area contributed by atoms with Crippen LogP contribution in [-0.4, -0.2) is 35.7 Å². The number of pyridine rings is 1. The first kappa shape index (κ1) is 26.4. The number of carbonyl (C=O) groups is 1. The number of nitrogens with zero attached hydrogens (tertiary/aromatic N) is 1. The first-order valence-electron chi connectivity index (χ1n) is 13.1. The van der Waals surface area contributed by atoms with Crippen molar-refractivity contribution >= 4 is 11.6 Å². The van der Waals surface area contributed by atoms with E-state index in [0.717, 1.165) is 38.4 Å². The third-order valence-electron chi connectivity index (χ3n) is 7.51. The zero-order valence-corrected chi connectivity index (χ0v) is 21.1. The van der Waals surface area contributed by atoms with Crippen LogP contribution in [0.15, 0.2) is 60.9 Å². The fourth-order valence-electron chi connectivity index (χ4n) is 5.55. The summed E-state index contributed by atoms with van der Waals surface area (Å²) in [5, 5.41) is 6.25. The van der Waals surface area contributed by atoms with Gasteiger partial charge in [0, 0.05) is 24.6 Å². The van der Waals surface area contributed by atoms with Crippen molar-refractivity contribution in [2.24, 2.45) is 0 Å². The summed E-state index contributed by atoms with van der Waals surface area (Å²) in [5.41, 5.74) is 1.88. The fraction of sp³-hybridized carbons (Fsp3) is 0.367. The topological polar surface area (TPSA) is 63.2 Å². The number of aromatic nitrogens is 1. The molecule has 2 heterocycles. The molecule has 1 amide bonds. The molecule has 3 aromatic rings. The first-order chi connectivity index (χ1) is 18.4. The van der Waals surface area contributed by atoms with Gasteiger partial charge in [-0.2, -0.15) is 0 Å². The molecule has 5 nitrogen and oxygen atoms in total. The molecule has 1 aliphatic carbocycles. The van der Waals surface area contributed by atoms with E-state index in [1.54, 1.807) is 24.3 Å². The van der Waals surface area contributed by atoms with Crippen LogP contribution in [0.4, 0.5) is 18.9 Å². The number of amides is 1. The highest BCUT2D eigenvalue weighted by molar-refractivity contribution is 5.98. The number of rotatable bonds is 8. The first-order valence-corrected chi connectivity index (χ1v) is 13.1. The molecule has 1 saturated heterocycles. The van der Waals surface area contributed by atoms with Crippen LogP contribution in [0.5, 0.6) is 0 Å². The lowest BCUT2D eigenvalue weighted by molar-refractivity contribution is -0.114. The second-order valence-electron chi connectivity index (χ2n) is 10.2. The predicted octanol–water partition coefficient (Wildman–Crippen LogP) is 5.71. The van der Waals surface area contributed by atoms with Crippen molar-refractivity contribution in [2.75, 3.05) is 18.4 Å². The number of carbonyl (C=O) groups excluding carboxylic acids is 1. The number of anilines is 1. The largest absolute Gasteiger partial charge is 0.369 e. The Morgan fingerprint density at radius 1 is 1.03 bits per heavy atom. The molecular weight excluding hydrogens is 491 g/mol. The second-order valence-corrected chi connectivity index (χ2v) is 10.2. The SMILES string of the molecule is O=C([CH]C(c1ccc(F)cc1)c1ccc(F)cc1)Nc1cncc(F)c1CC[C@@H]1CNCC2(CCCC2)O1. The average molecular weight is 523 g/mol. The van der Waals surface area contributed by atoms with E-state index in [1.807, 2.05) is 0 Å². The molecule has 2 fully saturated rings. The number of ether oxygens (including phenoxy) is 1. The Kier molecular flexibility index (Phi) is 8.09. The summed E-state index contributed by atoms with van der Waals surface area (Å²) in [6.07, 6.45) is 9.37. The second kappa shape index (κ2) is 11.7. The summed E-state index contributed by atoms with van der Waals surface area (Å²) >= 11 is 0. The van der Waals surface area contributed by atoms with Crippen molar-refractivity contribution in [3.05, 3.63) is 101 Å². The lowest BCUT2D eigenvalue weighted by Gasteiger charge is -2.39. The van der Waals surface area contributed by atoms with Crippen LogP contribution in [0.1, 0.15) is 54.7 Å². The summed E-state index contributed by atoms with van der Waals surface area (Å²) in [4.78, 5) is 17.1. The summed E-state index contributed by atoms with van der Waals surface area (Å²) in [7, 11) is 0. The smallest absolute Gasteiger partial charge is 0.229 e. The molecule has 0 bridgehead atoms. The Morgan fingerprint density at radius 2 is 1.66 bits per heavy atom. The maximum absolute atomic E-state index is 14.9. The van der Waals surface area contributed by atoms with Gasteiger partial charge in [0.05, 0.1) is 36.2 Å². The van der Waals surface area contributed by atoms with Crippen molar-refractivity contribution < 1.29 is 22.7 Å². The number of hydrogen-bond acceptors (Lipinski definition) is 4. The molecule has 2 N–H and O–H groups in total. The lowest BCUT2D eigenvalue weighted by atomic mass is 9.88. The van der Waals surface area contributed by atoms with Gasteiger partial charge in [0.1, 0.15) is 17.5 Å². The van der Waals surface area contributed by atoms with Crippen LogP contribution in [-0.2, 0) is 16.0 Å². The van der Waals surface area contributed by atoms with Crippen molar-refractivity contribution in [3.8, 4) is 0 Å². The fourth-order valence-corrected chi connectivity index (χ4v) is 5.55. The molecule has 1 saturated carbocycles. The van der Waals surface area contributed by atoms with E-state index >= 15 is 0 Å². The highest BCUT2D eigenvalue weighted by Crippen LogP contribution is 2.36. The van der Waals surface area contributed by atoms with Crippen molar-refractivity contribution in [1.82, 2.24) is 10.3 Å². The molecule has 2 aliphatic rings. The molecular formula is C30H31F3N3O2. The minimum Gasteiger partial charge on any atom is -0.369 e.